The summed E-state index contributed by atoms with van der Waals surface area (Å²) in [5.41, 5.74) is 8.62. The van der Waals surface area contributed by atoms with Crippen LogP contribution in [0.5, 0.6) is 46.0 Å². The van der Waals surface area contributed by atoms with E-state index in [-0.39, 0.29) is 52.0 Å². The van der Waals surface area contributed by atoms with Crippen molar-refractivity contribution in [2.24, 2.45) is 17.4 Å². The number of carboxylic acid groups (broad SMARTS) is 1. The van der Waals surface area contributed by atoms with E-state index in [4.69, 9.17) is 63.1 Å². The Bertz CT molecular complexity index is 4030. The highest BCUT2D eigenvalue weighted by Gasteiger charge is 2.51. The maximum atomic E-state index is 16.0. The number of amides is 7. The second kappa shape index (κ2) is 30.0. The number of aromatic hydroxyl groups is 3. The standard InChI is InChI=1S/C66H75Cl2N9O23/c1-24(2)12-35(71-5)58(87)72-36-14-26-6-10-40(33(67)13-26)96-42-17-29-18-43(55(42)100-65-56(54(85)53(84)44(23-78)98-65)99-46-22-66(4,70)57(86)25(3)95-46)97-41-11-8-28(16-34(41)68)52(83)51-63(92)76-50(64(93)94)32-19-30(79)20-39(81)47(32)31-15-27(7-9-38(31)80)48(61(90)77-51)75-62(91)49(29)74-60(89)37(21-45(69)82)73-59(36)88/h6-11,13,15-20,24-25,35-37,44,46,48-54,56-57,65,71,78-81,83-86H,12,14,21-23,70H2,1-5H3,(H2,69,82)(H,72,87)(H,73,88)(H,74,89)(H,75,91)(H,76,92)(H,77,90)(H,93,94)/t25-,35+,36+,37-,44+,46-,48+,49+,50-,51-,52+,53+,54-,56+,57+,65-,66-/m0/s1. The van der Waals surface area contributed by atoms with Crippen molar-refractivity contribution in [1.82, 2.24) is 37.2 Å². The molecular weight excluding hydrogens is 1360 g/mol. The minimum absolute atomic E-state index is 0.0280. The average Bonchev–Trinajstić information content (AvgIpc) is 0.770. The lowest BCUT2D eigenvalue weighted by atomic mass is 9.86. The molecule has 0 radical (unpaired) electrons. The number of rotatable bonds is 13. The number of halogens is 2. The van der Waals surface area contributed by atoms with Crippen LogP contribution in [0.3, 0.4) is 0 Å². The van der Waals surface area contributed by atoms with E-state index in [0.717, 1.165) is 60.7 Å². The molecule has 7 aliphatic heterocycles. The molecule has 7 amide bonds. The van der Waals surface area contributed by atoms with Gasteiger partial charge >= 0.3 is 5.97 Å². The lowest BCUT2D eigenvalue weighted by Gasteiger charge is -2.47. The number of carboxylic acids is 1. The molecule has 7 heterocycles. The van der Waals surface area contributed by atoms with E-state index in [1.54, 1.807) is 0 Å². The maximum Gasteiger partial charge on any atom is 0.330 e. The quantitative estimate of drug-likeness (QED) is 0.0768. The van der Waals surface area contributed by atoms with E-state index in [2.05, 4.69) is 37.2 Å². The summed E-state index contributed by atoms with van der Waals surface area (Å²) in [4.78, 5) is 117. The topological polar surface area (TPSA) is 510 Å². The summed E-state index contributed by atoms with van der Waals surface area (Å²) in [6, 6.07) is 0.995. The summed E-state index contributed by atoms with van der Waals surface area (Å²) in [6.45, 7) is 5.80. The molecule has 32 nitrogen and oxygen atoms in total. The molecule has 0 aliphatic carbocycles. The molecule has 11 bridgehead atoms. The highest BCUT2D eigenvalue weighted by Crippen LogP contribution is 2.50. The SMILES string of the molecule is CN[C@H](CC(C)C)C(=O)N[C@@H]1Cc2ccc(c(Cl)c2)Oc2cc3cc(c2O[C@@H]2O[C@H](CO)[C@@H](O)[C@H](O)[C@H]2O[C@H]2C[C@](C)(N)[C@H](O)[C@H](C)O2)Oc2ccc(cc2Cl)[C@@H](O)[C@@H]2NC(=O)[C@H](NC(=O)[C@@H]3NC(=O)[C@H](CC(N)=O)NC1=O)c1ccc(O)c(c1)-c1c(O)cc(O)cc1[C@@H](C(=O)O)NC2=O. The molecule has 2 saturated heterocycles. The van der Waals surface area contributed by atoms with Crippen LogP contribution in [0.4, 0.5) is 0 Å². The minimum Gasteiger partial charge on any atom is -0.508 e. The van der Waals surface area contributed by atoms with Gasteiger partial charge in [0.2, 0.25) is 53.4 Å². The Morgan fingerprint density at radius 3 is 2.00 bits per heavy atom. The van der Waals surface area contributed by atoms with Gasteiger partial charge in [-0.15, -0.1) is 0 Å². The molecule has 5 aromatic carbocycles. The largest absolute Gasteiger partial charge is 0.508 e. The summed E-state index contributed by atoms with van der Waals surface area (Å²) in [6.07, 6.45) is -16.4. The minimum atomic E-state index is -2.29. The summed E-state index contributed by atoms with van der Waals surface area (Å²) in [5, 5.41) is 119. The Hall–Kier alpha value is -9.16. The number of aliphatic carboxylic acids is 1. The Morgan fingerprint density at radius 1 is 0.740 bits per heavy atom. The van der Waals surface area contributed by atoms with Crippen LogP contribution >= 0.6 is 23.2 Å². The molecular formula is C66H75Cl2N9O23. The zero-order valence-corrected chi connectivity index (χ0v) is 55.5. The Balaban J connectivity index is 1.23. The molecule has 20 N–H and O–H groups in total. The van der Waals surface area contributed by atoms with E-state index in [1.165, 1.54) is 39.1 Å². The number of ether oxygens (including phenoxy) is 6. The number of likely N-dealkylation sites (N-methyl/N-ethyl adjacent to an activating group) is 1. The average molecular weight is 1430 g/mol. The van der Waals surface area contributed by atoms with Crippen molar-refractivity contribution >= 4 is 70.5 Å². The highest BCUT2D eigenvalue weighted by atomic mass is 35.5. The molecule has 0 spiro atoms. The predicted molar refractivity (Wildman–Crippen MR) is 348 cm³/mol. The number of carbonyl (C=O) groups excluding carboxylic acids is 7. The van der Waals surface area contributed by atoms with Crippen LogP contribution < -0.4 is 62.9 Å². The van der Waals surface area contributed by atoms with Crippen molar-refractivity contribution in [1.29, 1.82) is 0 Å². The molecule has 0 saturated carbocycles. The fourth-order valence-electron chi connectivity index (χ4n) is 12.5. The van der Waals surface area contributed by atoms with E-state index in [0.29, 0.717) is 6.42 Å². The van der Waals surface area contributed by atoms with Crippen LogP contribution in [0.25, 0.3) is 11.1 Å². The monoisotopic (exact) mass is 1430 g/mol. The molecule has 7 aliphatic rings. The van der Waals surface area contributed by atoms with Crippen LogP contribution in [-0.2, 0) is 59.0 Å². The lowest BCUT2D eigenvalue weighted by molar-refractivity contribution is -0.333. The first kappa shape index (κ1) is 73.6. The number of hydrogen-bond donors (Lipinski definition) is 18. The van der Waals surface area contributed by atoms with E-state index in [9.17, 15) is 69.9 Å². The number of aliphatic hydroxyl groups is 5. The van der Waals surface area contributed by atoms with Crippen molar-refractivity contribution in [3.63, 3.8) is 0 Å². The zero-order valence-electron chi connectivity index (χ0n) is 54.0. The van der Waals surface area contributed by atoms with Crippen LogP contribution in [-0.4, -0.2) is 186 Å². The van der Waals surface area contributed by atoms with Crippen molar-refractivity contribution in [2.45, 2.75) is 157 Å². The van der Waals surface area contributed by atoms with Gasteiger partial charge < -0.3 is 123 Å². The maximum absolute atomic E-state index is 16.0. The summed E-state index contributed by atoms with van der Waals surface area (Å²) >= 11 is 14.2. The van der Waals surface area contributed by atoms with Gasteiger partial charge in [0.1, 0.15) is 83.4 Å². The van der Waals surface area contributed by atoms with Gasteiger partial charge in [-0.1, -0.05) is 55.2 Å². The molecule has 17 atom stereocenters. The number of phenolic OH excluding ortho intramolecular Hbond substituents is 3. The van der Waals surface area contributed by atoms with E-state index < -0.39 is 225 Å². The van der Waals surface area contributed by atoms with Gasteiger partial charge in [-0.25, -0.2) is 4.79 Å². The van der Waals surface area contributed by atoms with Crippen LogP contribution in [0.1, 0.15) is 99.0 Å². The summed E-state index contributed by atoms with van der Waals surface area (Å²) < 4.78 is 38.4. The summed E-state index contributed by atoms with van der Waals surface area (Å²) in [5.74, 6) is -14.9. The van der Waals surface area contributed by atoms with Crippen molar-refractivity contribution in [3.05, 3.63) is 117 Å². The molecule has 5 aromatic rings. The van der Waals surface area contributed by atoms with Gasteiger partial charge in [0, 0.05) is 41.1 Å². The Kier molecular flexibility index (Phi) is 22.0. The Labute approximate surface area is 579 Å². The number of phenols is 3. The van der Waals surface area contributed by atoms with E-state index in [1.807, 2.05) is 13.8 Å². The third kappa shape index (κ3) is 15.7. The van der Waals surface area contributed by atoms with Gasteiger partial charge in [-0.3, -0.25) is 33.6 Å². The molecule has 12 rings (SSSR count). The van der Waals surface area contributed by atoms with Crippen molar-refractivity contribution in [2.75, 3.05) is 13.7 Å². The molecule has 100 heavy (non-hydrogen) atoms. The Morgan fingerprint density at radius 2 is 1.38 bits per heavy atom. The molecule has 2 fully saturated rings. The van der Waals surface area contributed by atoms with Crippen LogP contribution in [0.2, 0.25) is 10.0 Å². The number of hydrogen-bond acceptors (Lipinski definition) is 24. The molecule has 0 aromatic heterocycles. The van der Waals surface area contributed by atoms with Gasteiger partial charge in [-0.2, -0.15) is 0 Å². The van der Waals surface area contributed by atoms with Crippen molar-refractivity contribution in [3.8, 4) is 57.1 Å². The number of aliphatic hydroxyl groups excluding tert-OH is 5. The second-order valence-corrected chi connectivity index (χ2v) is 26.4. The first-order chi connectivity index (χ1) is 47.2. The van der Waals surface area contributed by atoms with Crippen LogP contribution in [0, 0.1) is 5.92 Å². The van der Waals surface area contributed by atoms with Gasteiger partial charge in [0.25, 0.3) is 0 Å². The fraction of sp³-hybridized carbons (Fsp3) is 0.424. The summed E-state index contributed by atoms with van der Waals surface area (Å²) in [7, 11) is 1.53. The highest BCUT2D eigenvalue weighted by molar-refractivity contribution is 6.32. The van der Waals surface area contributed by atoms with Gasteiger partial charge in [-0.05, 0) is 110 Å². The third-order valence-corrected chi connectivity index (χ3v) is 18.2. The zero-order chi connectivity index (χ0) is 72.7. The molecule has 536 valence electrons. The van der Waals surface area contributed by atoms with Crippen molar-refractivity contribution < 1.29 is 113 Å². The van der Waals surface area contributed by atoms with Gasteiger partial charge in [0.15, 0.2) is 29.9 Å². The third-order valence-electron chi connectivity index (χ3n) is 17.6. The number of carbonyl (C=O) groups is 8. The predicted octanol–water partition coefficient (Wildman–Crippen LogP) is 0.615. The van der Waals surface area contributed by atoms with E-state index >= 15 is 14.4 Å². The number of benzene rings is 5. The second-order valence-electron chi connectivity index (χ2n) is 25.6. The first-order valence-electron chi connectivity index (χ1n) is 31.5. The first-order valence-corrected chi connectivity index (χ1v) is 32.3. The number of nitrogens with two attached hydrogens (primary N) is 2. The fourth-order valence-corrected chi connectivity index (χ4v) is 12.9. The van der Waals surface area contributed by atoms with Gasteiger partial charge in [0.05, 0.1) is 41.3 Å². The smallest absolute Gasteiger partial charge is 0.330 e. The molecule has 0 unspecified atom stereocenters. The normalized spacial score (nSPS) is 28.9. The van der Waals surface area contributed by atoms with Crippen LogP contribution in [0.15, 0.2) is 78.9 Å². The molecule has 34 heteroatoms. The number of fused-ring (bicyclic) bond motifs is 15. The number of primary amides is 1. The number of nitrogens with one attached hydrogen (secondary N) is 7. The lowest BCUT2D eigenvalue weighted by Crippen LogP contribution is -2.64.